The number of fused-ring (bicyclic) bond motifs is 4. The zero-order chi connectivity index (χ0) is 20.3. The molecule has 0 heterocycles. The molecule has 1 aliphatic carbocycles. The number of rotatable bonds is 2. The molecule has 162 valence electrons. The maximum absolute atomic E-state index is 3.30. The summed E-state index contributed by atoms with van der Waals surface area (Å²) in [5, 5.41) is 5.68. The minimum Gasteiger partial charge on any atom is -1.00 e. The Morgan fingerprint density at radius 2 is 1.42 bits per heavy atom. The van der Waals surface area contributed by atoms with Crippen LogP contribution in [0.25, 0.3) is 21.9 Å². The fourth-order valence-corrected chi connectivity index (χ4v) is 5.48. The Balaban J connectivity index is 0.000000220. The van der Waals surface area contributed by atoms with Crippen LogP contribution < -0.4 is 20.0 Å². The van der Waals surface area contributed by atoms with Crippen LogP contribution in [-0.4, -0.2) is 0 Å². The van der Waals surface area contributed by atoms with Crippen LogP contribution in [0.2, 0.25) is 0 Å². The second kappa shape index (κ2) is 12.2. The molecule has 0 fully saturated rings. The first-order valence-corrected chi connectivity index (χ1v) is 11.3. The van der Waals surface area contributed by atoms with Gasteiger partial charge in [-0.1, -0.05) is 78.7 Å². The third-order valence-corrected chi connectivity index (χ3v) is 7.19. The first kappa shape index (κ1) is 26.9. The van der Waals surface area contributed by atoms with Gasteiger partial charge in [0.1, 0.15) is 0 Å². The molecule has 0 amide bonds. The van der Waals surface area contributed by atoms with E-state index in [4.69, 9.17) is 0 Å². The smallest absolute Gasteiger partial charge is 1.00 e. The van der Waals surface area contributed by atoms with Gasteiger partial charge in [0.05, 0.1) is 0 Å². The molecule has 4 heteroatoms. The fraction of sp³-hybridized carbons (Fsp3) is 0.0690. The van der Waals surface area contributed by atoms with Gasteiger partial charge in [0.2, 0.25) is 0 Å². The predicted molar refractivity (Wildman–Crippen MR) is 132 cm³/mol. The SMILES string of the molecule is Cc1[cH-]c2ccccc2c1Pc1ccccc1.[F-].[F-].[Zr+4].[c-]1cccc2c1Cc1ccccc1-2. The molecule has 1 unspecified atom stereocenters. The summed E-state index contributed by atoms with van der Waals surface area (Å²) in [6, 6.07) is 39.8. The quantitative estimate of drug-likeness (QED) is 0.226. The van der Waals surface area contributed by atoms with Gasteiger partial charge >= 0.3 is 26.2 Å². The van der Waals surface area contributed by atoms with Crippen molar-refractivity contribution in [2.24, 2.45) is 0 Å². The Labute approximate surface area is 215 Å². The molecular formula is C29H23F2PZr. The molecule has 0 nitrogen and oxygen atoms in total. The van der Waals surface area contributed by atoms with E-state index in [9.17, 15) is 0 Å². The van der Waals surface area contributed by atoms with Crippen molar-refractivity contribution in [1.82, 2.24) is 0 Å². The summed E-state index contributed by atoms with van der Waals surface area (Å²) in [5.41, 5.74) is 6.92. The molecule has 0 saturated heterocycles. The summed E-state index contributed by atoms with van der Waals surface area (Å²) in [7, 11) is 0.754. The minimum atomic E-state index is 0. The molecule has 0 aliphatic heterocycles. The summed E-state index contributed by atoms with van der Waals surface area (Å²) in [5.74, 6) is 0. The van der Waals surface area contributed by atoms with E-state index in [1.54, 1.807) is 0 Å². The number of halogens is 2. The third-order valence-electron chi connectivity index (χ3n) is 5.66. The van der Waals surface area contributed by atoms with Gasteiger partial charge < -0.3 is 9.41 Å². The maximum atomic E-state index is 3.30. The van der Waals surface area contributed by atoms with Crippen molar-refractivity contribution in [3.63, 3.8) is 0 Å². The Bertz CT molecular complexity index is 1270. The van der Waals surface area contributed by atoms with Crippen LogP contribution in [0.5, 0.6) is 0 Å². The summed E-state index contributed by atoms with van der Waals surface area (Å²) < 4.78 is 0. The van der Waals surface area contributed by atoms with Gasteiger partial charge in [-0.2, -0.15) is 29.8 Å². The van der Waals surface area contributed by atoms with E-state index in [2.05, 4.69) is 110 Å². The van der Waals surface area contributed by atoms with E-state index in [1.807, 2.05) is 6.07 Å². The average Bonchev–Trinajstić information content (AvgIpc) is 3.32. The van der Waals surface area contributed by atoms with E-state index in [1.165, 1.54) is 49.2 Å². The normalized spacial score (nSPS) is 10.8. The van der Waals surface area contributed by atoms with Crippen LogP contribution in [0.15, 0.2) is 103 Å². The van der Waals surface area contributed by atoms with E-state index in [0.29, 0.717) is 0 Å². The Morgan fingerprint density at radius 3 is 2.24 bits per heavy atom. The summed E-state index contributed by atoms with van der Waals surface area (Å²) in [4.78, 5) is 0. The van der Waals surface area contributed by atoms with Gasteiger partial charge in [-0.3, -0.25) is 0 Å². The Hall–Kier alpha value is -2.34. The van der Waals surface area contributed by atoms with Gasteiger partial charge in [0.25, 0.3) is 0 Å². The van der Waals surface area contributed by atoms with Crippen LogP contribution in [0, 0.1) is 13.0 Å². The van der Waals surface area contributed by atoms with Crippen molar-refractivity contribution >= 4 is 30.0 Å². The van der Waals surface area contributed by atoms with E-state index >= 15 is 0 Å². The number of hydrogen-bond donors (Lipinski definition) is 0. The van der Waals surface area contributed by atoms with Crippen molar-refractivity contribution in [3.05, 3.63) is 126 Å². The molecular weight excluding hydrogens is 509 g/mol. The minimum absolute atomic E-state index is 0. The second-order valence-corrected chi connectivity index (χ2v) is 9.00. The molecule has 0 N–H and O–H groups in total. The van der Waals surface area contributed by atoms with Crippen molar-refractivity contribution in [1.29, 1.82) is 0 Å². The number of aryl methyl sites for hydroxylation is 1. The predicted octanol–water partition coefficient (Wildman–Crippen LogP) is 0.560. The molecule has 5 aromatic rings. The van der Waals surface area contributed by atoms with Crippen LogP contribution in [0.3, 0.4) is 0 Å². The molecule has 0 spiro atoms. The summed E-state index contributed by atoms with van der Waals surface area (Å²) in [6.45, 7) is 2.21. The van der Waals surface area contributed by atoms with Gasteiger partial charge in [0, 0.05) is 0 Å². The zero-order valence-corrected chi connectivity index (χ0v) is 21.7. The second-order valence-electron chi connectivity index (χ2n) is 7.68. The maximum Gasteiger partial charge on any atom is 4.00 e. The van der Waals surface area contributed by atoms with Gasteiger partial charge in [-0.15, -0.1) is 60.1 Å². The molecule has 0 saturated carbocycles. The Kier molecular flexibility index (Phi) is 9.96. The first-order valence-electron chi connectivity index (χ1n) is 10.3. The van der Waals surface area contributed by atoms with E-state index in [0.717, 1.165) is 15.0 Å². The standard InChI is InChI=1S/C16H14P.C13H9.2FH.Zr/c1-12-11-13-7-5-6-10-15(13)16(12)17-14-8-3-2-4-9-14;1-3-7-12-10(5-1)9-11-6-2-4-8-13(11)12;;;/h2-11,17H,1H3;1-5,7-8H,9H2;2*1H;/q2*-1;;;+4/p-2. The molecule has 6 rings (SSSR count). The van der Waals surface area contributed by atoms with Crippen LogP contribution >= 0.6 is 8.58 Å². The third kappa shape index (κ3) is 5.78. The van der Waals surface area contributed by atoms with Crippen LogP contribution in [0.1, 0.15) is 16.7 Å². The molecule has 1 aliphatic rings. The van der Waals surface area contributed by atoms with Gasteiger partial charge in [-0.05, 0) is 11.7 Å². The Morgan fingerprint density at radius 1 is 0.758 bits per heavy atom. The fourth-order valence-electron chi connectivity index (χ4n) is 4.20. The van der Waals surface area contributed by atoms with E-state index < -0.39 is 0 Å². The van der Waals surface area contributed by atoms with Crippen molar-refractivity contribution in [2.75, 3.05) is 0 Å². The molecule has 1 atom stereocenters. The molecule has 0 bridgehead atoms. The van der Waals surface area contributed by atoms with Crippen molar-refractivity contribution < 1.29 is 35.6 Å². The summed E-state index contributed by atoms with van der Waals surface area (Å²) in [6.07, 6.45) is 1.05. The van der Waals surface area contributed by atoms with Crippen LogP contribution in [-0.2, 0) is 32.6 Å². The largest absolute Gasteiger partial charge is 4.00 e. The topological polar surface area (TPSA) is 0 Å². The molecule has 0 aromatic heterocycles. The van der Waals surface area contributed by atoms with Crippen molar-refractivity contribution in [2.45, 2.75) is 13.3 Å². The van der Waals surface area contributed by atoms with Gasteiger partial charge in [-0.25, -0.2) is 0 Å². The summed E-state index contributed by atoms with van der Waals surface area (Å²) >= 11 is 0. The van der Waals surface area contributed by atoms with E-state index in [-0.39, 0.29) is 35.6 Å². The first-order chi connectivity index (χ1) is 14.8. The van der Waals surface area contributed by atoms with Crippen LogP contribution in [0.4, 0.5) is 0 Å². The van der Waals surface area contributed by atoms with Crippen molar-refractivity contribution in [3.8, 4) is 11.1 Å². The average molecular weight is 532 g/mol. The number of benzene rings is 4. The molecule has 0 radical (unpaired) electrons. The van der Waals surface area contributed by atoms with Gasteiger partial charge in [0.15, 0.2) is 0 Å². The number of hydrogen-bond acceptors (Lipinski definition) is 0. The molecule has 5 aromatic carbocycles. The molecule has 33 heavy (non-hydrogen) atoms. The monoisotopic (exact) mass is 530 g/mol. The zero-order valence-electron chi connectivity index (χ0n) is 18.3.